The van der Waals surface area contributed by atoms with Crippen LogP contribution < -0.4 is 10.1 Å². The van der Waals surface area contributed by atoms with Crippen molar-refractivity contribution < 1.29 is 9.84 Å². The number of hydrogen-bond acceptors (Lipinski definition) is 3. The van der Waals surface area contributed by atoms with Crippen LogP contribution in [-0.4, -0.2) is 12.2 Å². The molecule has 0 fully saturated rings. The molecule has 0 aliphatic heterocycles. The number of aromatic hydroxyl groups is 1. The second-order valence-electron chi connectivity index (χ2n) is 4.60. The van der Waals surface area contributed by atoms with Gasteiger partial charge in [0.15, 0.2) is 11.5 Å². The molecule has 0 unspecified atom stereocenters. The summed E-state index contributed by atoms with van der Waals surface area (Å²) in [5.41, 5.74) is 3.56. The maximum Gasteiger partial charge on any atom is 0.160 e. The first-order valence-corrected chi connectivity index (χ1v) is 6.31. The van der Waals surface area contributed by atoms with Crippen molar-refractivity contribution in [3.8, 4) is 11.5 Å². The lowest BCUT2D eigenvalue weighted by Gasteiger charge is -2.08. The van der Waals surface area contributed by atoms with Gasteiger partial charge in [0, 0.05) is 13.1 Å². The van der Waals surface area contributed by atoms with E-state index < -0.39 is 0 Å². The molecule has 0 saturated heterocycles. The number of ether oxygens (including phenoxy) is 1. The maximum atomic E-state index is 9.69. The molecule has 0 saturated carbocycles. The molecule has 0 heterocycles. The van der Waals surface area contributed by atoms with Crippen molar-refractivity contribution in [2.45, 2.75) is 20.0 Å². The Hall–Kier alpha value is -2.00. The molecule has 3 nitrogen and oxygen atoms in total. The van der Waals surface area contributed by atoms with Crippen molar-refractivity contribution in [2.75, 3.05) is 7.11 Å². The Morgan fingerprint density at radius 2 is 1.79 bits per heavy atom. The molecule has 2 N–H and O–H groups in total. The van der Waals surface area contributed by atoms with E-state index >= 15 is 0 Å². The van der Waals surface area contributed by atoms with Crippen LogP contribution in [0.3, 0.4) is 0 Å². The number of aryl methyl sites for hydroxylation is 1. The fourth-order valence-electron chi connectivity index (χ4n) is 2.02. The van der Waals surface area contributed by atoms with Crippen LogP contribution in [0.4, 0.5) is 0 Å². The van der Waals surface area contributed by atoms with Gasteiger partial charge in [-0.2, -0.15) is 0 Å². The van der Waals surface area contributed by atoms with Crippen LogP contribution in [0.5, 0.6) is 11.5 Å². The predicted molar refractivity (Wildman–Crippen MR) is 76.4 cm³/mol. The first kappa shape index (κ1) is 13.4. The second kappa shape index (κ2) is 6.25. The summed E-state index contributed by atoms with van der Waals surface area (Å²) in [6, 6.07) is 13.9. The summed E-state index contributed by atoms with van der Waals surface area (Å²) < 4.78 is 5.02. The van der Waals surface area contributed by atoms with Gasteiger partial charge in [-0.05, 0) is 30.2 Å². The third kappa shape index (κ3) is 3.73. The molecule has 0 aliphatic carbocycles. The van der Waals surface area contributed by atoms with E-state index in [0.717, 1.165) is 12.1 Å². The summed E-state index contributed by atoms with van der Waals surface area (Å²) in [6.45, 7) is 3.62. The SMILES string of the molecule is COc1ccc(CNCc2cccc(C)c2)cc1O. The highest BCUT2D eigenvalue weighted by Gasteiger charge is 2.02. The van der Waals surface area contributed by atoms with E-state index in [2.05, 4.69) is 36.5 Å². The topological polar surface area (TPSA) is 41.5 Å². The fraction of sp³-hybridized carbons (Fsp3) is 0.250. The van der Waals surface area contributed by atoms with E-state index in [1.807, 2.05) is 6.07 Å². The van der Waals surface area contributed by atoms with Gasteiger partial charge >= 0.3 is 0 Å². The molecule has 0 bridgehead atoms. The van der Waals surface area contributed by atoms with Gasteiger partial charge in [-0.25, -0.2) is 0 Å². The Kier molecular flexibility index (Phi) is 4.42. The van der Waals surface area contributed by atoms with E-state index in [0.29, 0.717) is 12.3 Å². The molecular weight excluding hydrogens is 238 g/mol. The Morgan fingerprint density at radius 1 is 1.05 bits per heavy atom. The summed E-state index contributed by atoms with van der Waals surface area (Å²) >= 11 is 0. The Labute approximate surface area is 113 Å². The number of phenolic OH excluding ortho intramolecular Hbond substituents is 1. The Morgan fingerprint density at radius 3 is 2.42 bits per heavy atom. The number of rotatable bonds is 5. The van der Waals surface area contributed by atoms with Crippen molar-refractivity contribution in [1.29, 1.82) is 0 Å². The number of benzene rings is 2. The van der Waals surface area contributed by atoms with Crippen LogP contribution in [0, 0.1) is 6.92 Å². The molecule has 19 heavy (non-hydrogen) atoms. The summed E-state index contributed by atoms with van der Waals surface area (Å²) in [4.78, 5) is 0. The fourth-order valence-corrected chi connectivity index (χ4v) is 2.02. The van der Waals surface area contributed by atoms with Crippen molar-refractivity contribution in [1.82, 2.24) is 5.32 Å². The molecule has 0 radical (unpaired) electrons. The quantitative estimate of drug-likeness (QED) is 0.865. The zero-order chi connectivity index (χ0) is 13.7. The van der Waals surface area contributed by atoms with Gasteiger partial charge in [0.2, 0.25) is 0 Å². The summed E-state index contributed by atoms with van der Waals surface area (Å²) in [6.07, 6.45) is 0. The molecule has 0 atom stereocenters. The van der Waals surface area contributed by atoms with Gasteiger partial charge in [-0.1, -0.05) is 35.9 Å². The first-order chi connectivity index (χ1) is 9.19. The van der Waals surface area contributed by atoms with Gasteiger partial charge in [0.05, 0.1) is 7.11 Å². The number of nitrogens with one attached hydrogen (secondary N) is 1. The lowest BCUT2D eigenvalue weighted by molar-refractivity contribution is 0.373. The number of hydrogen-bond donors (Lipinski definition) is 2. The van der Waals surface area contributed by atoms with Crippen molar-refractivity contribution >= 4 is 0 Å². The minimum Gasteiger partial charge on any atom is -0.504 e. The first-order valence-electron chi connectivity index (χ1n) is 6.31. The Balaban J connectivity index is 1.90. The highest BCUT2D eigenvalue weighted by atomic mass is 16.5. The van der Waals surface area contributed by atoms with Crippen LogP contribution >= 0.6 is 0 Å². The van der Waals surface area contributed by atoms with E-state index in [-0.39, 0.29) is 5.75 Å². The van der Waals surface area contributed by atoms with Crippen LogP contribution in [0.15, 0.2) is 42.5 Å². The number of phenols is 1. The molecule has 3 heteroatoms. The third-order valence-electron chi connectivity index (χ3n) is 2.98. The highest BCUT2D eigenvalue weighted by molar-refractivity contribution is 5.41. The zero-order valence-corrected chi connectivity index (χ0v) is 11.3. The van der Waals surface area contributed by atoms with Gasteiger partial charge in [0.1, 0.15) is 0 Å². The summed E-state index contributed by atoms with van der Waals surface area (Å²) in [5, 5.41) is 13.0. The van der Waals surface area contributed by atoms with E-state index in [4.69, 9.17) is 4.74 Å². The van der Waals surface area contributed by atoms with Crippen LogP contribution in [-0.2, 0) is 13.1 Å². The van der Waals surface area contributed by atoms with Crippen molar-refractivity contribution in [2.24, 2.45) is 0 Å². The molecule has 2 rings (SSSR count). The van der Waals surface area contributed by atoms with E-state index in [9.17, 15) is 5.11 Å². The van der Waals surface area contributed by atoms with Crippen LogP contribution in [0.1, 0.15) is 16.7 Å². The van der Waals surface area contributed by atoms with Crippen molar-refractivity contribution in [3.63, 3.8) is 0 Å². The smallest absolute Gasteiger partial charge is 0.160 e. The average Bonchev–Trinajstić information content (AvgIpc) is 2.39. The molecular formula is C16H19NO2. The molecule has 0 aromatic heterocycles. The van der Waals surface area contributed by atoms with Crippen LogP contribution in [0.25, 0.3) is 0 Å². The second-order valence-corrected chi connectivity index (χ2v) is 4.60. The van der Waals surface area contributed by atoms with Gasteiger partial charge in [-0.3, -0.25) is 0 Å². The molecule has 100 valence electrons. The minimum atomic E-state index is 0.178. The Bertz CT molecular complexity index is 552. The summed E-state index contributed by atoms with van der Waals surface area (Å²) in [5.74, 6) is 0.680. The lowest BCUT2D eigenvalue weighted by atomic mass is 10.1. The maximum absolute atomic E-state index is 9.69. The standard InChI is InChI=1S/C16H19NO2/c1-12-4-3-5-13(8-12)10-17-11-14-6-7-16(19-2)15(18)9-14/h3-9,17-18H,10-11H2,1-2H3. The highest BCUT2D eigenvalue weighted by Crippen LogP contribution is 2.26. The molecule has 2 aromatic carbocycles. The van der Waals surface area contributed by atoms with Gasteiger partial charge in [0.25, 0.3) is 0 Å². The summed E-state index contributed by atoms with van der Waals surface area (Å²) in [7, 11) is 1.55. The van der Waals surface area contributed by atoms with Gasteiger partial charge < -0.3 is 15.2 Å². The number of methoxy groups -OCH3 is 1. The lowest BCUT2D eigenvalue weighted by Crippen LogP contribution is -2.12. The molecule has 0 amide bonds. The van der Waals surface area contributed by atoms with Crippen molar-refractivity contribution in [3.05, 3.63) is 59.2 Å². The monoisotopic (exact) mass is 257 g/mol. The minimum absolute atomic E-state index is 0.178. The van der Waals surface area contributed by atoms with E-state index in [1.165, 1.54) is 11.1 Å². The van der Waals surface area contributed by atoms with Gasteiger partial charge in [-0.15, -0.1) is 0 Å². The predicted octanol–water partition coefficient (Wildman–Crippen LogP) is 3.00. The average molecular weight is 257 g/mol. The molecule has 2 aromatic rings. The van der Waals surface area contributed by atoms with Crippen LogP contribution in [0.2, 0.25) is 0 Å². The zero-order valence-electron chi connectivity index (χ0n) is 11.3. The van der Waals surface area contributed by atoms with E-state index in [1.54, 1.807) is 19.2 Å². The molecule has 0 spiro atoms. The largest absolute Gasteiger partial charge is 0.504 e. The molecule has 0 aliphatic rings. The normalized spacial score (nSPS) is 10.4. The third-order valence-corrected chi connectivity index (χ3v) is 2.98.